The van der Waals surface area contributed by atoms with E-state index in [-0.39, 0.29) is 21.5 Å². The fourth-order valence-electron chi connectivity index (χ4n) is 1.80. The number of carbonyl (C=O) groups excluding carboxylic acids is 2. The number of nitrogens with one attached hydrogen (secondary N) is 1. The smallest absolute Gasteiger partial charge is 0.267 e. The molecule has 0 aliphatic heterocycles. The summed E-state index contributed by atoms with van der Waals surface area (Å²) < 4.78 is 25.9. The number of Topliss-reactive ketones (excluding diaryl/α,β-unsaturated/α-hetero) is 1. The van der Waals surface area contributed by atoms with E-state index in [0.717, 1.165) is 16.1 Å². The molecule has 2 aromatic rings. The lowest BCUT2D eigenvalue weighted by Gasteiger charge is -2.19. The zero-order chi connectivity index (χ0) is 17.0. The number of aromatic amines is 1. The van der Waals surface area contributed by atoms with Crippen molar-refractivity contribution in [1.82, 2.24) is 10.2 Å². The molecule has 0 bridgehead atoms. The van der Waals surface area contributed by atoms with Crippen LogP contribution in [0.5, 0.6) is 0 Å². The van der Waals surface area contributed by atoms with E-state index < -0.39 is 10.0 Å². The summed E-state index contributed by atoms with van der Waals surface area (Å²) >= 11 is 0.919. The third-order valence-electron chi connectivity index (χ3n) is 3.07. The number of hydrogen-bond acceptors (Lipinski definition) is 6. The molecule has 0 spiro atoms. The molecule has 0 radical (unpaired) electrons. The Hall–Kier alpha value is -2.13. The SMILES string of the molecule is CC(=O)SCC(=O)c1cccc(N(C)S(=O)(=O)c2cn[nH]c2)c1. The van der Waals surface area contributed by atoms with Gasteiger partial charge in [-0.3, -0.25) is 19.0 Å². The van der Waals surface area contributed by atoms with Gasteiger partial charge in [0.15, 0.2) is 10.9 Å². The van der Waals surface area contributed by atoms with Crippen molar-refractivity contribution in [2.24, 2.45) is 0 Å². The minimum absolute atomic E-state index is 0.0248. The van der Waals surface area contributed by atoms with E-state index in [2.05, 4.69) is 10.2 Å². The van der Waals surface area contributed by atoms with Gasteiger partial charge in [0, 0.05) is 25.7 Å². The van der Waals surface area contributed by atoms with Crippen molar-refractivity contribution in [3.05, 3.63) is 42.2 Å². The van der Waals surface area contributed by atoms with Crippen molar-refractivity contribution in [1.29, 1.82) is 0 Å². The van der Waals surface area contributed by atoms with Gasteiger partial charge in [-0.25, -0.2) is 8.42 Å². The van der Waals surface area contributed by atoms with Crippen LogP contribution >= 0.6 is 11.8 Å². The second-order valence-electron chi connectivity index (χ2n) is 4.66. The molecule has 122 valence electrons. The van der Waals surface area contributed by atoms with E-state index in [4.69, 9.17) is 0 Å². The van der Waals surface area contributed by atoms with Crippen molar-refractivity contribution in [3.63, 3.8) is 0 Å². The highest BCUT2D eigenvalue weighted by Crippen LogP contribution is 2.23. The van der Waals surface area contributed by atoms with Gasteiger partial charge in [-0.05, 0) is 12.1 Å². The number of ketones is 1. The predicted molar refractivity (Wildman–Crippen MR) is 88.1 cm³/mol. The lowest BCUT2D eigenvalue weighted by molar-refractivity contribution is -0.109. The van der Waals surface area contributed by atoms with Crippen LogP contribution in [-0.2, 0) is 14.8 Å². The van der Waals surface area contributed by atoms with Gasteiger partial charge < -0.3 is 0 Å². The summed E-state index contributed by atoms with van der Waals surface area (Å²) in [7, 11) is -2.35. The van der Waals surface area contributed by atoms with Gasteiger partial charge in [-0.1, -0.05) is 23.9 Å². The molecule has 0 atom stereocenters. The summed E-state index contributed by atoms with van der Waals surface area (Å²) in [6, 6.07) is 6.26. The van der Waals surface area contributed by atoms with E-state index >= 15 is 0 Å². The van der Waals surface area contributed by atoms with E-state index in [1.807, 2.05) is 0 Å². The second kappa shape index (κ2) is 6.97. The lowest BCUT2D eigenvalue weighted by Crippen LogP contribution is -2.26. The largest absolute Gasteiger partial charge is 0.293 e. The van der Waals surface area contributed by atoms with Crippen LogP contribution in [0.1, 0.15) is 17.3 Å². The molecule has 0 saturated heterocycles. The monoisotopic (exact) mass is 353 g/mol. The van der Waals surface area contributed by atoms with Crippen LogP contribution in [0.25, 0.3) is 0 Å². The maximum absolute atomic E-state index is 12.4. The predicted octanol–water partition coefficient (Wildman–Crippen LogP) is 1.70. The minimum Gasteiger partial charge on any atom is -0.293 e. The second-order valence-corrected chi connectivity index (χ2v) is 7.78. The first kappa shape index (κ1) is 17.2. The summed E-state index contributed by atoms with van der Waals surface area (Å²) in [5, 5.41) is 5.94. The highest BCUT2D eigenvalue weighted by atomic mass is 32.2. The minimum atomic E-state index is -3.75. The van der Waals surface area contributed by atoms with Gasteiger partial charge in [0.1, 0.15) is 4.90 Å². The van der Waals surface area contributed by atoms with Gasteiger partial charge >= 0.3 is 0 Å². The Morgan fingerprint density at radius 2 is 2.09 bits per heavy atom. The van der Waals surface area contributed by atoms with Crippen molar-refractivity contribution in [2.45, 2.75) is 11.8 Å². The number of nitrogens with zero attached hydrogens (tertiary/aromatic N) is 2. The molecule has 1 aromatic carbocycles. The number of hydrogen-bond donors (Lipinski definition) is 1. The number of benzene rings is 1. The molecule has 1 N–H and O–H groups in total. The molecular weight excluding hydrogens is 338 g/mol. The Balaban J connectivity index is 2.26. The molecule has 23 heavy (non-hydrogen) atoms. The zero-order valence-corrected chi connectivity index (χ0v) is 14.1. The summed E-state index contributed by atoms with van der Waals surface area (Å²) in [5.74, 6) is -0.210. The normalized spacial score (nSPS) is 11.2. The van der Waals surface area contributed by atoms with Gasteiger partial charge in [-0.2, -0.15) is 5.10 Å². The maximum atomic E-state index is 12.4. The van der Waals surface area contributed by atoms with Crippen LogP contribution in [0.15, 0.2) is 41.6 Å². The van der Waals surface area contributed by atoms with Gasteiger partial charge in [0.05, 0.1) is 17.6 Å². The molecule has 1 heterocycles. The van der Waals surface area contributed by atoms with Gasteiger partial charge in [0.2, 0.25) is 0 Å². The van der Waals surface area contributed by atoms with E-state index in [1.165, 1.54) is 32.4 Å². The summed E-state index contributed by atoms with van der Waals surface area (Å²) in [6.07, 6.45) is 2.49. The summed E-state index contributed by atoms with van der Waals surface area (Å²) in [5.41, 5.74) is 0.704. The van der Waals surface area contributed by atoms with Crippen LogP contribution in [0, 0.1) is 0 Å². The molecule has 0 fully saturated rings. The molecule has 0 saturated carbocycles. The van der Waals surface area contributed by atoms with Crippen molar-refractivity contribution in [3.8, 4) is 0 Å². The van der Waals surface area contributed by atoms with E-state index in [1.54, 1.807) is 18.2 Å². The van der Waals surface area contributed by atoms with Crippen LogP contribution in [0.2, 0.25) is 0 Å². The number of carbonyl (C=O) groups is 2. The Kier molecular flexibility index (Phi) is 5.22. The van der Waals surface area contributed by atoms with Gasteiger partial charge in [-0.15, -0.1) is 0 Å². The topological polar surface area (TPSA) is 100 Å². The lowest BCUT2D eigenvalue weighted by atomic mass is 10.1. The fraction of sp³-hybridized carbons (Fsp3) is 0.214. The molecule has 0 aliphatic rings. The molecule has 7 nitrogen and oxygen atoms in total. The highest BCUT2D eigenvalue weighted by Gasteiger charge is 2.23. The van der Waals surface area contributed by atoms with Crippen LogP contribution in [-0.4, -0.2) is 42.3 Å². The van der Waals surface area contributed by atoms with Crippen molar-refractivity contribution < 1.29 is 18.0 Å². The number of H-pyrrole nitrogens is 1. The molecule has 1 aromatic heterocycles. The zero-order valence-electron chi connectivity index (χ0n) is 12.5. The number of aromatic nitrogens is 2. The molecule has 0 unspecified atom stereocenters. The first-order chi connectivity index (χ1) is 10.8. The molecular formula is C14H15N3O4S2. The van der Waals surface area contributed by atoms with Crippen LogP contribution in [0.4, 0.5) is 5.69 Å². The van der Waals surface area contributed by atoms with Gasteiger partial charge in [0.25, 0.3) is 10.0 Å². The summed E-state index contributed by atoms with van der Waals surface area (Å²) in [6.45, 7) is 1.39. The molecule has 0 aliphatic carbocycles. The summed E-state index contributed by atoms with van der Waals surface area (Å²) in [4.78, 5) is 23.0. The average Bonchev–Trinajstić information content (AvgIpc) is 3.07. The quantitative estimate of drug-likeness (QED) is 0.793. The standard InChI is InChI=1S/C14H15N3O4S2/c1-10(18)22-9-14(19)11-4-3-5-12(6-11)17(2)23(20,21)13-7-15-16-8-13/h3-8H,9H2,1-2H3,(H,15,16). The number of thioether (sulfide) groups is 1. The molecule has 9 heteroatoms. The Morgan fingerprint density at radius 1 is 1.35 bits per heavy atom. The third kappa shape index (κ3) is 3.99. The average molecular weight is 353 g/mol. The van der Waals surface area contributed by atoms with Crippen molar-refractivity contribution >= 4 is 38.4 Å². The molecule has 2 rings (SSSR count). The Morgan fingerprint density at radius 3 is 2.70 bits per heavy atom. The highest BCUT2D eigenvalue weighted by molar-refractivity contribution is 8.14. The Bertz CT molecular complexity index is 816. The maximum Gasteiger partial charge on any atom is 0.267 e. The number of rotatable bonds is 6. The van der Waals surface area contributed by atoms with Crippen molar-refractivity contribution in [2.75, 3.05) is 17.1 Å². The number of sulfonamides is 1. The third-order valence-corrected chi connectivity index (χ3v) is 5.63. The van der Waals surface area contributed by atoms with Crippen LogP contribution in [0.3, 0.4) is 0 Å². The number of anilines is 1. The van der Waals surface area contributed by atoms with Crippen LogP contribution < -0.4 is 4.31 Å². The van der Waals surface area contributed by atoms with E-state index in [9.17, 15) is 18.0 Å². The Labute approximate surface area is 138 Å². The first-order valence-electron chi connectivity index (χ1n) is 6.56. The molecule has 0 amide bonds. The fourth-order valence-corrected chi connectivity index (χ4v) is 3.40. The first-order valence-corrected chi connectivity index (χ1v) is 8.99. The van der Waals surface area contributed by atoms with E-state index in [0.29, 0.717) is 11.3 Å².